The number of hydrogen-bond donors (Lipinski definition) is 1. The van der Waals surface area contributed by atoms with E-state index in [2.05, 4.69) is 25.5 Å². The second kappa shape index (κ2) is 2.60. The van der Waals surface area contributed by atoms with E-state index in [0.29, 0.717) is 6.04 Å². The van der Waals surface area contributed by atoms with Crippen LogP contribution in [-0.2, 0) is 13.0 Å². The van der Waals surface area contributed by atoms with E-state index >= 15 is 0 Å². The van der Waals surface area contributed by atoms with Gasteiger partial charge in [-0.1, -0.05) is 0 Å². The Morgan fingerprint density at radius 3 is 3.36 bits per heavy atom. The van der Waals surface area contributed by atoms with Crippen molar-refractivity contribution in [2.24, 2.45) is 5.73 Å². The summed E-state index contributed by atoms with van der Waals surface area (Å²) < 4.78 is 3.08. The molecule has 60 valence electrons. The van der Waals surface area contributed by atoms with E-state index in [9.17, 15) is 0 Å². The molecule has 1 aliphatic heterocycles. The number of nitrogens with two attached hydrogens (primary N) is 1. The number of halogens is 1. The molecule has 2 rings (SSSR count). The number of nitrogens with zero attached hydrogens (tertiary/aromatic N) is 2. The highest BCUT2D eigenvalue weighted by Crippen LogP contribution is 2.16. The molecule has 0 saturated carbocycles. The second-order valence-electron chi connectivity index (χ2n) is 2.93. The first-order valence-electron chi connectivity index (χ1n) is 3.73. The smallest absolute Gasteiger partial charge is 0.124 e. The molecule has 4 heteroatoms. The van der Waals surface area contributed by atoms with Crippen LogP contribution in [0.15, 0.2) is 10.8 Å². The van der Waals surface area contributed by atoms with Gasteiger partial charge in [-0.2, -0.15) is 0 Å². The van der Waals surface area contributed by atoms with Crippen LogP contribution in [0.2, 0.25) is 0 Å². The van der Waals surface area contributed by atoms with E-state index in [1.165, 1.54) is 0 Å². The summed E-state index contributed by atoms with van der Waals surface area (Å²) in [7, 11) is 0. The summed E-state index contributed by atoms with van der Waals surface area (Å²) >= 11 is 3.34. The van der Waals surface area contributed by atoms with Crippen LogP contribution in [0.5, 0.6) is 0 Å². The van der Waals surface area contributed by atoms with Crippen molar-refractivity contribution in [3.8, 4) is 0 Å². The highest BCUT2D eigenvalue weighted by atomic mass is 79.9. The molecule has 11 heavy (non-hydrogen) atoms. The summed E-state index contributed by atoms with van der Waals surface area (Å²) in [4.78, 5) is 4.30. The molecule has 0 radical (unpaired) electrons. The lowest BCUT2D eigenvalue weighted by Gasteiger charge is -2.18. The zero-order chi connectivity index (χ0) is 7.84. The molecular formula is C7H10BrN3. The summed E-state index contributed by atoms with van der Waals surface area (Å²) in [5.41, 5.74) is 5.79. The van der Waals surface area contributed by atoms with E-state index in [-0.39, 0.29) is 0 Å². The SMILES string of the molecule is NC1CCn2cc(Br)nc2C1. The number of rotatable bonds is 0. The summed E-state index contributed by atoms with van der Waals surface area (Å²) in [5, 5.41) is 0. The van der Waals surface area contributed by atoms with Crippen LogP contribution in [0.3, 0.4) is 0 Å². The van der Waals surface area contributed by atoms with Crippen LogP contribution in [0.4, 0.5) is 0 Å². The van der Waals surface area contributed by atoms with Crippen LogP contribution in [0.25, 0.3) is 0 Å². The van der Waals surface area contributed by atoms with Crippen LogP contribution < -0.4 is 5.73 Å². The van der Waals surface area contributed by atoms with E-state index in [1.54, 1.807) is 0 Å². The van der Waals surface area contributed by atoms with Gasteiger partial charge in [0.2, 0.25) is 0 Å². The number of imidazole rings is 1. The maximum atomic E-state index is 5.79. The lowest BCUT2D eigenvalue weighted by atomic mass is 10.1. The topological polar surface area (TPSA) is 43.8 Å². The normalized spacial score (nSPS) is 23.3. The van der Waals surface area contributed by atoms with Crippen molar-refractivity contribution in [1.82, 2.24) is 9.55 Å². The predicted octanol–water partition coefficient (Wildman–Crippen LogP) is 0.919. The molecule has 0 amide bonds. The van der Waals surface area contributed by atoms with E-state index in [1.807, 2.05) is 6.20 Å². The van der Waals surface area contributed by atoms with Gasteiger partial charge >= 0.3 is 0 Å². The molecule has 1 atom stereocenters. The van der Waals surface area contributed by atoms with Gasteiger partial charge in [0.15, 0.2) is 0 Å². The molecular weight excluding hydrogens is 206 g/mol. The lowest BCUT2D eigenvalue weighted by Crippen LogP contribution is -2.30. The van der Waals surface area contributed by atoms with Crippen molar-refractivity contribution in [2.45, 2.75) is 25.4 Å². The maximum absolute atomic E-state index is 5.79. The fourth-order valence-corrected chi connectivity index (χ4v) is 1.87. The molecule has 1 unspecified atom stereocenters. The van der Waals surface area contributed by atoms with Crippen molar-refractivity contribution in [3.63, 3.8) is 0 Å². The van der Waals surface area contributed by atoms with Crippen LogP contribution in [0, 0.1) is 0 Å². The third kappa shape index (κ3) is 1.32. The van der Waals surface area contributed by atoms with Crippen LogP contribution in [0.1, 0.15) is 12.2 Å². The maximum Gasteiger partial charge on any atom is 0.124 e. The molecule has 2 heterocycles. The molecule has 0 spiro atoms. The molecule has 1 aliphatic rings. The van der Waals surface area contributed by atoms with Crippen molar-refractivity contribution in [3.05, 3.63) is 16.6 Å². The predicted molar refractivity (Wildman–Crippen MR) is 46.2 cm³/mol. The fraction of sp³-hybridized carbons (Fsp3) is 0.571. The van der Waals surface area contributed by atoms with Crippen molar-refractivity contribution in [1.29, 1.82) is 0 Å². The minimum Gasteiger partial charge on any atom is -0.334 e. The Hall–Kier alpha value is -0.350. The van der Waals surface area contributed by atoms with Gasteiger partial charge in [-0.3, -0.25) is 0 Å². The number of fused-ring (bicyclic) bond motifs is 1. The Labute approximate surface area is 73.7 Å². The summed E-state index contributed by atoms with van der Waals surface area (Å²) in [6, 6.07) is 0.303. The lowest BCUT2D eigenvalue weighted by molar-refractivity contribution is 0.463. The molecule has 1 aromatic rings. The Morgan fingerprint density at radius 1 is 1.73 bits per heavy atom. The van der Waals surface area contributed by atoms with E-state index in [4.69, 9.17) is 5.73 Å². The first kappa shape index (κ1) is 7.31. The summed E-state index contributed by atoms with van der Waals surface area (Å²) in [6.07, 6.45) is 3.99. The van der Waals surface area contributed by atoms with Crippen LogP contribution >= 0.6 is 15.9 Å². The highest BCUT2D eigenvalue weighted by Gasteiger charge is 2.16. The van der Waals surface area contributed by atoms with E-state index < -0.39 is 0 Å². The quantitative estimate of drug-likeness (QED) is 0.700. The second-order valence-corrected chi connectivity index (χ2v) is 3.74. The first-order valence-corrected chi connectivity index (χ1v) is 4.52. The first-order chi connectivity index (χ1) is 5.25. The average Bonchev–Trinajstić information content (AvgIpc) is 2.27. The third-order valence-corrected chi connectivity index (χ3v) is 2.40. The highest BCUT2D eigenvalue weighted by molar-refractivity contribution is 9.10. The van der Waals surface area contributed by atoms with Gasteiger partial charge in [0.05, 0.1) is 0 Å². The zero-order valence-electron chi connectivity index (χ0n) is 6.13. The van der Waals surface area contributed by atoms with Gasteiger partial charge in [-0.05, 0) is 22.4 Å². The van der Waals surface area contributed by atoms with E-state index in [0.717, 1.165) is 29.8 Å². The molecule has 0 aromatic carbocycles. The zero-order valence-corrected chi connectivity index (χ0v) is 7.71. The molecule has 2 N–H and O–H groups in total. The summed E-state index contributed by atoms with van der Waals surface area (Å²) in [5.74, 6) is 1.11. The van der Waals surface area contributed by atoms with Gasteiger partial charge in [0.1, 0.15) is 10.4 Å². The third-order valence-electron chi connectivity index (χ3n) is 2.02. The molecule has 3 nitrogen and oxygen atoms in total. The fourth-order valence-electron chi connectivity index (χ4n) is 1.42. The van der Waals surface area contributed by atoms with Gasteiger partial charge in [-0.25, -0.2) is 4.98 Å². The van der Waals surface area contributed by atoms with Crippen molar-refractivity contribution < 1.29 is 0 Å². The minimum absolute atomic E-state index is 0.303. The molecule has 0 saturated heterocycles. The standard InChI is InChI=1S/C7H10BrN3/c8-6-4-11-2-1-5(9)3-7(11)10-6/h4-5H,1-3,9H2. The average molecular weight is 216 g/mol. The van der Waals surface area contributed by atoms with Crippen molar-refractivity contribution in [2.75, 3.05) is 0 Å². The Balaban J connectivity index is 2.34. The molecule has 0 fully saturated rings. The van der Waals surface area contributed by atoms with Gasteiger partial charge in [0.25, 0.3) is 0 Å². The minimum atomic E-state index is 0.303. The number of aryl methyl sites for hydroxylation is 1. The van der Waals surface area contributed by atoms with Gasteiger partial charge in [-0.15, -0.1) is 0 Å². The number of aromatic nitrogens is 2. The largest absolute Gasteiger partial charge is 0.334 e. The van der Waals surface area contributed by atoms with Crippen molar-refractivity contribution >= 4 is 15.9 Å². The van der Waals surface area contributed by atoms with Gasteiger partial charge < -0.3 is 10.3 Å². The summed E-state index contributed by atoms with van der Waals surface area (Å²) in [6.45, 7) is 1.01. The molecule has 1 aromatic heterocycles. The Morgan fingerprint density at radius 2 is 2.55 bits per heavy atom. The monoisotopic (exact) mass is 215 g/mol. The molecule has 0 aliphatic carbocycles. The van der Waals surface area contributed by atoms with Gasteiger partial charge in [0, 0.05) is 25.2 Å². The number of hydrogen-bond acceptors (Lipinski definition) is 2. The Bertz CT molecular complexity index is 269. The Kier molecular flexibility index (Phi) is 1.73. The van der Waals surface area contributed by atoms with Crippen LogP contribution in [-0.4, -0.2) is 15.6 Å². The molecule has 0 bridgehead atoms.